The Bertz CT molecular complexity index is 1010. The van der Waals surface area contributed by atoms with Gasteiger partial charge in [0.05, 0.1) is 16.9 Å². The van der Waals surface area contributed by atoms with Crippen LogP contribution in [-0.2, 0) is 19.6 Å². The molecule has 1 aliphatic heterocycles. The molecule has 168 valence electrons. The number of carbonyl (C=O) groups excluding carboxylic acids is 1. The molecule has 2 aromatic carbocycles. The number of nitrogens with zero attached hydrogens (tertiary/aromatic N) is 1. The summed E-state index contributed by atoms with van der Waals surface area (Å²) in [4.78, 5) is 13.2. The van der Waals surface area contributed by atoms with Crippen LogP contribution in [0.3, 0.4) is 0 Å². The van der Waals surface area contributed by atoms with E-state index in [1.54, 1.807) is 31.2 Å². The molecule has 0 aromatic heterocycles. The summed E-state index contributed by atoms with van der Waals surface area (Å²) in [7, 11) is -3.87. The number of hydrogen-bond acceptors (Lipinski definition) is 5. The van der Waals surface area contributed by atoms with Gasteiger partial charge in [0.25, 0.3) is 0 Å². The van der Waals surface area contributed by atoms with E-state index in [2.05, 4.69) is 0 Å². The molecule has 0 saturated carbocycles. The minimum Gasteiger partial charge on any atom is -0.352 e. The predicted octanol–water partition coefficient (Wildman–Crippen LogP) is 5.17. The predicted molar refractivity (Wildman–Crippen MR) is 125 cm³/mol. The Hall–Kier alpha value is -1.67. The highest BCUT2D eigenvalue weighted by molar-refractivity contribution is 8.14. The summed E-state index contributed by atoms with van der Waals surface area (Å²) in [6, 6.07) is 15.9. The van der Waals surface area contributed by atoms with Crippen molar-refractivity contribution in [1.29, 1.82) is 0 Å². The Morgan fingerprint density at radius 2 is 1.65 bits per heavy atom. The number of benzene rings is 2. The van der Waals surface area contributed by atoms with Crippen LogP contribution >= 0.6 is 11.8 Å². The zero-order valence-corrected chi connectivity index (χ0v) is 20.5. The van der Waals surface area contributed by atoms with Gasteiger partial charge in [-0.2, -0.15) is 4.31 Å². The fourth-order valence-electron chi connectivity index (χ4n) is 3.73. The second-order valence-electron chi connectivity index (χ2n) is 9.07. The van der Waals surface area contributed by atoms with Gasteiger partial charge in [-0.3, -0.25) is 4.79 Å². The number of hydrogen-bond donors (Lipinski definition) is 0. The van der Waals surface area contributed by atoms with Crippen molar-refractivity contribution < 1.29 is 17.9 Å². The smallest absolute Gasteiger partial charge is 0.245 e. The molecular weight excluding hydrogens is 430 g/mol. The van der Waals surface area contributed by atoms with E-state index >= 15 is 0 Å². The van der Waals surface area contributed by atoms with E-state index in [1.165, 1.54) is 16.1 Å². The molecule has 1 saturated heterocycles. The fourth-order valence-corrected chi connectivity index (χ4v) is 6.41. The summed E-state index contributed by atoms with van der Waals surface area (Å²) in [6.07, 6.45) is -1.34. The summed E-state index contributed by atoms with van der Waals surface area (Å²) in [5.41, 5.74) is 1.87. The van der Waals surface area contributed by atoms with Gasteiger partial charge in [-0.25, -0.2) is 8.42 Å². The van der Waals surface area contributed by atoms with E-state index < -0.39 is 34.3 Å². The van der Waals surface area contributed by atoms with Crippen molar-refractivity contribution in [2.75, 3.05) is 0 Å². The fraction of sp³-hybridized carbons (Fsp3) is 0.458. The van der Waals surface area contributed by atoms with Gasteiger partial charge in [0.2, 0.25) is 10.0 Å². The van der Waals surface area contributed by atoms with Crippen molar-refractivity contribution in [3.05, 3.63) is 65.7 Å². The lowest BCUT2D eigenvalue weighted by Gasteiger charge is -2.30. The third-order valence-corrected chi connectivity index (χ3v) is 8.46. The van der Waals surface area contributed by atoms with Crippen LogP contribution in [0.1, 0.15) is 51.8 Å². The number of sulfonamides is 1. The lowest BCUT2D eigenvalue weighted by atomic mass is 10.0. The third-order valence-electron chi connectivity index (χ3n) is 5.31. The number of rotatable bonds is 5. The van der Waals surface area contributed by atoms with Crippen LogP contribution in [-0.4, -0.2) is 34.9 Å². The van der Waals surface area contributed by atoms with Gasteiger partial charge < -0.3 is 4.74 Å². The summed E-state index contributed by atoms with van der Waals surface area (Å²) in [6.45, 7) is 11.4. The van der Waals surface area contributed by atoms with Crippen molar-refractivity contribution in [2.45, 2.75) is 69.6 Å². The summed E-state index contributed by atoms with van der Waals surface area (Å²) >= 11 is 1.22. The maximum atomic E-state index is 13.7. The maximum Gasteiger partial charge on any atom is 0.245 e. The van der Waals surface area contributed by atoms with E-state index in [-0.39, 0.29) is 14.8 Å². The van der Waals surface area contributed by atoms with Crippen LogP contribution in [0, 0.1) is 12.8 Å². The van der Waals surface area contributed by atoms with Gasteiger partial charge in [-0.1, -0.05) is 87.5 Å². The number of thioether (sulfide) groups is 1. The minimum atomic E-state index is -3.87. The van der Waals surface area contributed by atoms with Crippen LogP contribution < -0.4 is 0 Å². The van der Waals surface area contributed by atoms with Crippen LogP contribution in [0.15, 0.2) is 59.5 Å². The van der Waals surface area contributed by atoms with Gasteiger partial charge in [0.15, 0.2) is 5.12 Å². The quantitative estimate of drug-likeness (QED) is 0.615. The van der Waals surface area contributed by atoms with Gasteiger partial charge in [-0.05, 0) is 31.5 Å². The molecule has 2 aromatic rings. The topological polar surface area (TPSA) is 63.7 Å². The Balaban J connectivity index is 2.03. The molecule has 4 atom stereocenters. The highest BCUT2D eigenvalue weighted by Crippen LogP contribution is 2.42. The van der Waals surface area contributed by atoms with Crippen molar-refractivity contribution in [1.82, 2.24) is 4.31 Å². The van der Waals surface area contributed by atoms with Gasteiger partial charge in [0, 0.05) is 4.75 Å². The molecule has 7 heteroatoms. The minimum absolute atomic E-state index is 0.0810. The van der Waals surface area contributed by atoms with E-state index in [0.29, 0.717) is 0 Å². The van der Waals surface area contributed by atoms with E-state index in [1.807, 2.05) is 65.0 Å². The molecular formula is C24H31NO4S2. The van der Waals surface area contributed by atoms with Crippen molar-refractivity contribution in [3.63, 3.8) is 0 Å². The number of aryl methyl sites for hydroxylation is 1. The monoisotopic (exact) mass is 461 g/mol. The summed E-state index contributed by atoms with van der Waals surface area (Å²) in [5, 5.41) is -0.0810. The van der Waals surface area contributed by atoms with Crippen molar-refractivity contribution in [2.24, 2.45) is 5.92 Å². The Morgan fingerprint density at radius 1 is 1.06 bits per heavy atom. The summed E-state index contributed by atoms with van der Waals surface area (Å²) in [5.74, 6) is -0.624. The van der Waals surface area contributed by atoms with Crippen LogP contribution in [0.2, 0.25) is 0 Å². The van der Waals surface area contributed by atoms with E-state index in [4.69, 9.17) is 4.74 Å². The van der Waals surface area contributed by atoms with Crippen LogP contribution in [0.25, 0.3) is 0 Å². The molecule has 0 N–H and O–H groups in total. The molecule has 0 amide bonds. The second-order valence-corrected chi connectivity index (χ2v) is 12.7. The first kappa shape index (κ1) is 24.0. The molecule has 3 rings (SSSR count). The molecule has 31 heavy (non-hydrogen) atoms. The average Bonchev–Trinajstić information content (AvgIpc) is 3.05. The van der Waals surface area contributed by atoms with Crippen molar-refractivity contribution >= 4 is 26.9 Å². The largest absolute Gasteiger partial charge is 0.352 e. The first-order valence-electron chi connectivity index (χ1n) is 10.5. The second kappa shape index (κ2) is 9.06. The van der Waals surface area contributed by atoms with Gasteiger partial charge in [0.1, 0.15) is 12.3 Å². The molecule has 5 nitrogen and oxygen atoms in total. The van der Waals surface area contributed by atoms with Crippen LogP contribution in [0.5, 0.6) is 0 Å². The average molecular weight is 462 g/mol. The normalized spacial score (nSPS) is 23.6. The lowest BCUT2D eigenvalue weighted by molar-refractivity contribution is -0.120. The Morgan fingerprint density at radius 3 is 2.19 bits per heavy atom. The molecule has 1 heterocycles. The molecule has 0 spiro atoms. The molecule has 0 radical (unpaired) electrons. The standard InChI is InChI=1S/C24H31NO4S2/c1-16-12-14-20(15-13-16)31(27,28)25-18(3)21(19-10-8-7-9-11-19)29-22(25)17(2)23(26)30-24(4,5)6/h7-15,17-18,21-22H,1-6H3/t17-,18+,21+,22-/m1/s1. The summed E-state index contributed by atoms with van der Waals surface area (Å²) < 4.78 is 34.8. The van der Waals surface area contributed by atoms with E-state index in [9.17, 15) is 13.2 Å². The molecule has 0 unspecified atom stereocenters. The SMILES string of the molecule is Cc1ccc(S(=O)(=O)N2[C@@H]([C@@H](C)C(=O)SC(C)(C)C)O[C@H](c3ccccc3)[C@@H]2C)cc1. The lowest BCUT2D eigenvalue weighted by Crippen LogP contribution is -2.45. The van der Waals surface area contributed by atoms with Gasteiger partial charge >= 0.3 is 0 Å². The highest BCUT2D eigenvalue weighted by Gasteiger charge is 2.50. The molecule has 0 aliphatic carbocycles. The first-order valence-corrected chi connectivity index (χ1v) is 12.7. The van der Waals surface area contributed by atoms with Crippen LogP contribution in [0.4, 0.5) is 0 Å². The zero-order valence-electron chi connectivity index (χ0n) is 18.9. The van der Waals surface area contributed by atoms with Gasteiger partial charge in [-0.15, -0.1) is 0 Å². The van der Waals surface area contributed by atoms with E-state index in [0.717, 1.165) is 11.1 Å². The zero-order chi connectivity index (χ0) is 23.0. The Labute approximate surface area is 190 Å². The molecule has 1 aliphatic rings. The maximum absolute atomic E-state index is 13.7. The third kappa shape index (κ3) is 5.22. The molecule has 0 bridgehead atoms. The number of carbonyl (C=O) groups is 1. The number of ether oxygens (including phenoxy) is 1. The van der Waals surface area contributed by atoms with Crippen molar-refractivity contribution in [3.8, 4) is 0 Å². The first-order chi connectivity index (χ1) is 14.4. The highest BCUT2D eigenvalue weighted by atomic mass is 32.2. The Kier molecular flexibility index (Phi) is 7.01. The molecule has 1 fully saturated rings.